The number of nitrogens with one attached hydrogen (secondary N) is 1. The number of benzene rings is 2. The molecule has 0 radical (unpaired) electrons. The molecule has 146 valence electrons. The van der Waals surface area contributed by atoms with Crippen LogP contribution in [0.15, 0.2) is 34.8 Å². The van der Waals surface area contributed by atoms with E-state index in [1.807, 2.05) is 30.1 Å². The molecule has 0 heterocycles. The highest BCUT2D eigenvalue weighted by molar-refractivity contribution is 9.10. The molecule has 2 aromatic rings. The largest absolute Gasteiger partial charge is 0.493 e. The lowest BCUT2D eigenvalue weighted by Gasteiger charge is -2.20. The Morgan fingerprint density at radius 2 is 1.81 bits per heavy atom. The topological polar surface area (TPSA) is 60.0 Å². The third-order valence-electron chi connectivity index (χ3n) is 3.84. The maximum atomic E-state index is 12.3. The summed E-state index contributed by atoms with van der Waals surface area (Å²) < 4.78 is 17.0. The molecule has 0 spiro atoms. The fraction of sp³-hybridized carbons (Fsp3) is 0.316. The molecule has 0 fully saturated rings. The fourth-order valence-corrected chi connectivity index (χ4v) is 3.38. The standard InChI is InChI=1S/C19H22BrClN2O4/c1-23(11-17(24)22-15-7-6-13(20)9-14(15)21)10-12-5-8-16(25-2)19(27-4)18(12)26-3/h5-9H,10-11H2,1-4H3,(H,22,24). The maximum absolute atomic E-state index is 12.3. The Labute approximate surface area is 172 Å². The van der Waals surface area contributed by atoms with Crippen molar-refractivity contribution in [3.63, 3.8) is 0 Å². The molecule has 6 nitrogen and oxygen atoms in total. The first-order valence-electron chi connectivity index (χ1n) is 8.10. The van der Waals surface area contributed by atoms with Gasteiger partial charge in [-0.3, -0.25) is 9.69 Å². The Hall–Kier alpha value is -1.96. The van der Waals surface area contributed by atoms with Crippen LogP contribution < -0.4 is 19.5 Å². The molecule has 0 atom stereocenters. The summed E-state index contributed by atoms with van der Waals surface area (Å²) in [6.45, 7) is 0.676. The van der Waals surface area contributed by atoms with E-state index in [1.165, 1.54) is 0 Å². The minimum atomic E-state index is -0.166. The molecule has 0 saturated carbocycles. The van der Waals surface area contributed by atoms with Crippen molar-refractivity contribution in [2.45, 2.75) is 6.54 Å². The highest BCUT2D eigenvalue weighted by Crippen LogP contribution is 2.40. The van der Waals surface area contributed by atoms with Crippen molar-refractivity contribution in [1.82, 2.24) is 4.90 Å². The Morgan fingerprint density at radius 1 is 1.11 bits per heavy atom. The van der Waals surface area contributed by atoms with Gasteiger partial charge in [-0.1, -0.05) is 33.6 Å². The van der Waals surface area contributed by atoms with Gasteiger partial charge in [0.2, 0.25) is 11.7 Å². The first-order valence-corrected chi connectivity index (χ1v) is 9.28. The van der Waals surface area contributed by atoms with Gasteiger partial charge in [0, 0.05) is 16.6 Å². The summed E-state index contributed by atoms with van der Waals surface area (Å²) in [7, 11) is 6.55. The number of methoxy groups -OCH3 is 3. The number of nitrogens with zero attached hydrogens (tertiary/aromatic N) is 1. The van der Waals surface area contributed by atoms with E-state index in [0.29, 0.717) is 34.5 Å². The lowest BCUT2D eigenvalue weighted by molar-refractivity contribution is -0.117. The van der Waals surface area contributed by atoms with Gasteiger partial charge in [0.05, 0.1) is 38.6 Å². The molecule has 1 amide bonds. The Morgan fingerprint density at radius 3 is 2.41 bits per heavy atom. The Bertz CT molecular complexity index is 817. The molecule has 0 aliphatic carbocycles. The van der Waals surface area contributed by atoms with Crippen LogP contribution in [0.1, 0.15) is 5.56 Å². The van der Waals surface area contributed by atoms with Crippen molar-refractivity contribution < 1.29 is 19.0 Å². The zero-order valence-corrected chi connectivity index (χ0v) is 18.0. The van der Waals surface area contributed by atoms with Crippen LogP contribution >= 0.6 is 27.5 Å². The third kappa shape index (κ3) is 5.51. The number of ether oxygens (including phenoxy) is 3. The lowest BCUT2D eigenvalue weighted by Crippen LogP contribution is -2.30. The number of likely N-dealkylation sites (N-methyl/N-ethyl adjacent to an activating group) is 1. The van der Waals surface area contributed by atoms with E-state index in [2.05, 4.69) is 21.2 Å². The molecule has 2 rings (SSSR count). The molecular weight excluding hydrogens is 436 g/mol. The van der Waals surface area contributed by atoms with Crippen LogP contribution in [0.2, 0.25) is 5.02 Å². The SMILES string of the molecule is COc1ccc(CN(C)CC(=O)Nc2ccc(Br)cc2Cl)c(OC)c1OC. The molecule has 0 saturated heterocycles. The van der Waals surface area contributed by atoms with Crippen molar-refractivity contribution in [2.75, 3.05) is 40.2 Å². The number of carbonyl (C=O) groups excluding carboxylic acids is 1. The van der Waals surface area contributed by atoms with Crippen molar-refractivity contribution in [1.29, 1.82) is 0 Å². The average Bonchev–Trinajstić information content (AvgIpc) is 2.63. The van der Waals surface area contributed by atoms with E-state index < -0.39 is 0 Å². The van der Waals surface area contributed by atoms with Gasteiger partial charge >= 0.3 is 0 Å². The number of amides is 1. The van der Waals surface area contributed by atoms with E-state index in [-0.39, 0.29) is 12.5 Å². The number of hydrogen-bond donors (Lipinski definition) is 1. The van der Waals surface area contributed by atoms with Gasteiger partial charge in [-0.15, -0.1) is 0 Å². The van der Waals surface area contributed by atoms with E-state index >= 15 is 0 Å². The quantitative estimate of drug-likeness (QED) is 0.644. The number of anilines is 1. The number of hydrogen-bond acceptors (Lipinski definition) is 5. The highest BCUT2D eigenvalue weighted by Gasteiger charge is 2.18. The summed E-state index contributed by atoms with van der Waals surface area (Å²) in [5.74, 6) is 1.53. The van der Waals surface area contributed by atoms with Gasteiger partial charge in [-0.05, 0) is 31.3 Å². The van der Waals surface area contributed by atoms with Gasteiger partial charge in [-0.25, -0.2) is 0 Å². The van der Waals surface area contributed by atoms with Crippen molar-refractivity contribution in [3.05, 3.63) is 45.4 Å². The predicted molar refractivity (Wildman–Crippen MR) is 110 cm³/mol. The summed E-state index contributed by atoms with van der Waals surface area (Å²) >= 11 is 9.48. The molecule has 0 aliphatic heterocycles. The summed E-state index contributed by atoms with van der Waals surface area (Å²) in [5.41, 5.74) is 1.45. The summed E-state index contributed by atoms with van der Waals surface area (Å²) in [6.07, 6.45) is 0. The first-order chi connectivity index (χ1) is 12.9. The van der Waals surface area contributed by atoms with Crippen LogP contribution in [0.5, 0.6) is 17.2 Å². The zero-order valence-electron chi connectivity index (χ0n) is 15.6. The monoisotopic (exact) mass is 456 g/mol. The second kappa shape index (κ2) is 9.82. The van der Waals surface area contributed by atoms with Gasteiger partial charge in [0.15, 0.2) is 11.5 Å². The van der Waals surface area contributed by atoms with E-state index in [9.17, 15) is 4.79 Å². The number of carbonyl (C=O) groups is 1. The Kier molecular flexibility index (Phi) is 7.77. The molecular formula is C19H22BrClN2O4. The van der Waals surface area contributed by atoms with Crippen LogP contribution in [0.4, 0.5) is 5.69 Å². The molecule has 0 aliphatic rings. The van der Waals surface area contributed by atoms with Crippen LogP contribution in [0.3, 0.4) is 0 Å². The van der Waals surface area contributed by atoms with Gasteiger partial charge in [-0.2, -0.15) is 0 Å². The molecule has 8 heteroatoms. The molecule has 0 aromatic heterocycles. The normalized spacial score (nSPS) is 10.6. The first kappa shape index (κ1) is 21.3. The van der Waals surface area contributed by atoms with Crippen LogP contribution in [0.25, 0.3) is 0 Å². The van der Waals surface area contributed by atoms with Crippen LogP contribution in [-0.2, 0) is 11.3 Å². The molecule has 27 heavy (non-hydrogen) atoms. The summed E-state index contributed by atoms with van der Waals surface area (Å²) in [5, 5.41) is 3.29. The van der Waals surface area contributed by atoms with E-state index in [0.717, 1.165) is 10.0 Å². The second-order valence-electron chi connectivity index (χ2n) is 5.84. The predicted octanol–water partition coefficient (Wildman–Crippen LogP) is 4.20. The summed E-state index contributed by atoms with van der Waals surface area (Å²) in [6, 6.07) is 9.00. The minimum Gasteiger partial charge on any atom is -0.493 e. The van der Waals surface area contributed by atoms with Gasteiger partial charge in [0.1, 0.15) is 0 Å². The Balaban J connectivity index is 2.06. The van der Waals surface area contributed by atoms with Crippen molar-refractivity contribution in [3.8, 4) is 17.2 Å². The van der Waals surface area contributed by atoms with Gasteiger partial charge < -0.3 is 19.5 Å². The van der Waals surface area contributed by atoms with E-state index in [1.54, 1.807) is 33.5 Å². The van der Waals surface area contributed by atoms with Crippen LogP contribution in [-0.4, -0.2) is 45.7 Å². The molecule has 1 N–H and O–H groups in total. The number of rotatable bonds is 8. The smallest absolute Gasteiger partial charge is 0.238 e. The highest BCUT2D eigenvalue weighted by atomic mass is 79.9. The zero-order chi connectivity index (χ0) is 20.0. The third-order valence-corrected chi connectivity index (χ3v) is 4.65. The molecule has 0 unspecified atom stereocenters. The summed E-state index contributed by atoms with van der Waals surface area (Å²) in [4.78, 5) is 14.2. The average molecular weight is 458 g/mol. The maximum Gasteiger partial charge on any atom is 0.238 e. The molecule has 2 aromatic carbocycles. The minimum absolute atomic E-state index is 0.166. The van der Waals surface area contributed by atoms with Crippen LogP contribution in [0, 0.1) is 0 Å². The van der Waals surface area contributed by atoms with Gasteiger partial charge in [0.25, 0.3) is 0 Å². The van der Waals surface area contributed by atoms with Crippen molar-refractivity contribution >= 4 is 39.1 Å². The lowest BCUT2D eigenvalue weighted by atomic mass is 10.1. The number of halogens is 2. The van der Waals surface area contributed by atoms with E-state index in [4.69, 9.17) is 25.8 Å². The van der Waals surface area contributed by atoms with Crippen molar-refractivity contribution in [2.24, 2.45) is 0 Å². The fourth-order valence-electron chi connectivity index (χ4n) is 2.66. The molecule has 0 bridgehead atoms. The second-order valence-corrected chi connectivity index (χ2v) is 7.16.